The third-order valence-electron chi connectivity index (χ3n) is 2.72. The van der Waals surface area contributed by atoms with Crippen molar-refractivity contribution in [3.05, 3.63) is 0 Å². The normalized spacial score (nSPS) is 13.0. The third kappa shape index (κ3) is 10.2. The highest BCUT2D eigenvalue weighted by atomic mass is 16.5. The summed E-state index contributed by atoms with van der Waals surface area (Å²) in [6.45, 7) is 9.49. The maximum absolute atomic E-state index is 5.51. The Morgan fingerprint density at radius 1 is 1.00 bits per heavy atom. The highest BCUT2D eigenvalue weighted by molar-refractivity contribution is 4.64. The lowest BCUT2D eigenvalue weighted by molar-refractivity contribution is 0.130. The van der Waals surface area contributed by atoms with Crippen molar-refractivity contribution in [3.8, 4) is 0 Å². The van der Waals surface area contributed by atoms with E-state index in [0.29, 0.717) is 6.04 Å². The standard InChI is InChI=1S/C13H29NO/c1-4-7-9-13(6-3)14-10-12-15-11-8-5-2/h13-14H,4-12H2,1-3H3. The molecule has 0 fully saturated rings. The second-order valence-electron chi connectivity index (χ2n) is 4.17. The average Bonchev–Trinajstić information content (AvgIpc) is 2.27. The van der Waals surface area contributed by atoms with Crippen LogP contribution in [0.25, 0.3) is 0 Å². The summed E-state index contributed by atoms with van der Waals surface area (Å²) in [6, 6.07) is 0.694. The molecule has 0 saturated heterocycles. The van der Waals surface area contributed by atoms with Gasteiger partial charge in [-0.15, -0.1) is 0 Å². The van der Waals surface area contributed by atoms with Gasteiger partial charge in [-0.25, -0.2) is 0 Å². The Labute approximate surface area is 95.8 Å². The molecule has 0 rings (SSSR count). The minimum absolute atomic E-state index is 0.694. The summed E-state index contributed by atoms with van der Waals surface area (Å²) in [5.74, 6) is 0. The fraction of sp³-hybridized carbons (Fsp3) is 1.00. The van der Waals surface area contributed by atoms with Crippen molar-refractivity contribution < 1.29 is 4.74 Å². The summed E-state index contributed by atoms with van der Waals surface area (Å²) in [7, 11) is 0. The molecule has 0 amide bonds. The third-order valence-corrected chi connectivity index (χ3v) is 2.72. The highest BCUT2D eigenvalue weighted by Crippen LogP contribution is 2.03. The molecule has 0 aromatic rings. The van der Waals surface area contributed by atoms with Gasteiger partial charge in [0, 0.05) is 19.2 Å². The Balaban J connectivity index is 3.22. The van der Waals surface area contributed by atoms with Crippen LogP contribution >= 0.6 is 0 Å². The molecule has 1 atom stereocenters. The van der Waals surface area contributed by atoms with Crippen LogP contribution in [0.5, 0.6) is 0 Å². The van der Waals surface area contributed by atoms with Gasteiger partial charge in [-0.05, 0) is 19.3 Å². The van der Waals surface area contributed by atoms with Crippen LogP contribution in [-0.2, 0) is 4.74 Å². The molecule has 0 radical (unpaired) electrons. The van der Waals surface area contributed by atoms with Gasteiger partial charge in [-0.1, -0.05) is 40.0 Å². The first kappa shape index (κ1) is 14.9. The minimum atomic E-state index is 0.694. The first-order valence-electron chi connectivity index (χ1n) is 6.66. The van der Waals surface area contributed by atoms with Crippen LogP contribution in [-0.4, -0.2) is 25.8 Å². The van der Waals surface area contributed by atoms with Crippen LogP contribution in [0.1, 0.15) is 59.3 Å². The van der Waals surface area contributed by atoms with Gasteiger partial charge in [0.1, 0.15) is 0 Å². The van der Waals surface area contributed by atoms with Crippen molar-refractivity contribution in [2.75, 3.05) is 19.8 Å². The molecule has 0 bridgehead atoms. The molecule has 0 aliphatic carbocycles. The van der Waals surface area contributed by atoms with E-state index >= 15 is 0 Å². The highest BCUT2D eigenvalue weighted by Gasteiger charge is 2.03. The topological polar surface area (TPSA) is 21.3 Å². The number of ether oxygens (including phenoxy) is 1. The largest absolute Gasteiger partial charge is 0.380 e. The molecule has 0 aromatic carbocycles. The number of unbranched alkanes of at least 4 members (excludes halogenated alkanes) is 2. The molecule has 2 heteroatoms. The molecule has 1 N–H and O–H groups in total. The van der Waals surface area contributed by atoms with E-state index in [9.17, 15) is 0 Å². The quantitative estimate of drug-likeness (QED) is 0.534. The smallest absolute Gasteiger partial charge is 0.0590 e. The molecule has 0 saturated carbocycles. The number of hydrogen-bond donors (Lipinski definition) is 1. The molecule has 92 valence electrons. The SMILES string of the molecule is CCCCOCCNC(CC)CCCC. The molecule has 2 nitrogen and oxygen atoms in total. The van der Waals surface area contributed by atoms with Gasteiger partial charge < -0.3 is 10.1 Å². The van der Waals surface area contributed by atoms with E-state index in [0.717, 1.165) is 19.8 Å². The number of hydrogen-bond acceptors (Lipinski definition) is 2. The van der Waals surface area contributed by atoms with E-state index in [1.807, 2.05) is 0 Å². The van der Waals surface area contributed by atoms with Crippen LogP contribution in [0.3, 0.4) is 0 Å². The van der Waals surface area contributed by atoms with Crippen molar-refractivity contribution in [1.82, 2.24) is 5.32 Å². The Bertz CT molecular complexity index is 117. The molecule has 0 aromatic heterocycles. The van der Waals surface area contributed by atoms with Gasteiger partial charge in [0.05, 0.1) is 6.61 Å². The summed E-state index contributed by atoms with van der Waals surface area (Å²) >= 11 is 0. The molecule has 0 spiro atoms. The first-order chi connectivity index (χ1) is 7.35. The van der Waals surface area contributed by atoms with Gasteiger partial charge in [-0.2, -0.15) is 0 Å². The zero-order chi connectivity index (χ0) is 11.4. The Kier molecular flexibility index (Phi) is 11.9. The maximum Gasteiger partial charge on any atom is 0.0590 e. The Morgan fingerprint density at radius 2 is 1.73 bits per heavy atom. The van der Waals surface area contributed by atoms with E-state index < -0.39 is 0 Å². The van der Waals surface area contributed by atoms with Crippen molar-refractivity contribution >= 4 is 0 Å². The van der Waals surface area contributed by atoms with E-state index in [2.05, 4.69) is 26.1 Å². The molecular weight excluding hydrogens is 186 g/mol. The lowest BCUT2D eigenvalue weighted by Gasteiger charge is -2.16. The molecule has 0 aliphatic heterocycles. The minimum Gasteiger partial charge on any atom is -0.380 e. The van der Waals surface area contributed by atoms with E-state index in [4.69, 9.17) is 4.74 Å². The summed E-state index contributed by atoms with van der Waals surface area (Å²) in [6.07, 6.45) is 7.58. The van der Waals surface area contributed by atoms with E-state index in [1.165, 1.54) is 38.5 Å². The van der Waals surface area contributed by atoms with Gasteiger partial charge in [-0.3, -0.25) is 0 Å². The van der Waals surface area contributed by atoms with Crippen LogP contribution in [0.15, 0.2) is 0 Å². The van der Waals surface area contributed by atoms with Crippen molar-refractivity contribution in [2.45, 2.75) is 65.3 Å². The lowest BCUT2D eigenvalue weighted by atomic mass is 10.1. The van der Waals surface area contributed by atoms with Crippen LogP contribution in [0.4, 0.5) is 0 Å². The zero-order valence-electron chi connectivity index (χ0n) is 10.8. The maximum atomic E-state index is 5.51. The second-order valence-corrected chi connectivity index (χ2v) is 4.17. The summed E-state index contributed by atoms with van der Waals surface area (Å²) in [4.78, 5) is 0. The van der Waals surface area contributed by atoms with Crippen LogP contribution < -0.4 is 5.32 Å². The average molecular weight is 215 g/mol. The van der Waals surface area contributed by atoms with Crippen molar-refractivity contribution in [2.24, 2.45) is 0 Å². The zero-order valence-corrected chi connectivity index (χ0v) is 10.8. The van der Waals surface area contributed by atoms with Crippen molar-refractivity contribution in [1.29, 1.82) is 0 Å². The number of nitrogens with one attached hydrogen (secondary N) is 1. The Hall–Kier alpha value is -0.0800. The van der Waals surface area contributed by atoms with Crippen molar-refractivity contribution in [3.63, 3.8) is 0 Å². The fourth-order valence-corrected chi connectivity index (χ4v) is 1.58. The molecule has 1 unspecified atom stereocenters. The van der Waals surface area contributed by atoms with Gasteiger partial charge in [0.2, 0.25) is 0 Å². The second kappa shape index (κ2) is 12.0. The monoisotopic (exact) mass is 215 g/mol. The van der Waals surface area contributed by atoms with Gasteiger partial charge in [0.25, 0.3) is 0 Å². The Morgan fingerprint density at radius 3 is 2.33 bits per heavy atom. The molecule has 0 heterocycles. The molecular formula is C13H29NO. The van der Waals surface area contributed by atoms with Crippen LogP contribution in [0, 0.1) is 0 Å². The van der Waals surface area contributed by atoms with Gasteiger partial charge >= 0.3 is 0 Å². The van der Waals surface area contributed by atoms with E-state index in [1.54, 1.807) is 0 Å². The van der Waals surface area contributed by atoms with Crippen LogP contribution in [0.2, 0.25) is 0 Å². The predicted octanol–water partition coefficient (Wildman–Crippen LogP) is 3.36. The summed E-state index contributed by atoms with van der Waals surface area (Å²) in [5, 5.41) is 3.56. The molecule has 15 heavy (non-hydrogen) atoms. The lowest BCUT2D eigenvalue weighted by Crippen LogP contribution is -2.31. The van der Waals surface area contributed by atoms with Gasteiger partial charge in [0.15, 0.2) is 0 Å². The summed E-state index contributed by atoms with van der Waals surface area (Å²) < 4.78 is 5.51. The number of rotatable bonds is 11. The fourth-order valence-electron chi connectivity index (χ4n) is 1.58. The summed E-state index contributed by atoms with van der Waals surface area (Å²) in [5.41, 5.74) is 0. The van der Waals surface area contributed by atoms with E-state index in [-0.39, 0.29) is 0 Å². The molecule has 0 aliphatic rings. The predicted molar refractivity (Wildman–Crippen MR) is 67.3 cm³/mol. The first-order valence-corrected chi connectivity index (χ1v) is 6.66.